The summed E-state index contributed by atoms with van der Waals surface area (Å²) in [5.74, 6) is -0.198. The van der Waals surface area contributed by atoms with Gasteiger partial charge in [-0.3, -0.25) is 0 Å². The van der Waals surface area contributed by atoms with Gasteiger partial charge in [0.25, 0.3) is 0 Å². The molecular formula is C8H9F2NO. The summed E-state index contributed by atoms with van der Waals surface area (Å²) in [6.45, 7) is 1.32. The lowest BCUT2D eigenvalue weighted by molar-refractivity contribution is 0.203. The minimum atomic E-state index is -1.04. The van der Waals surface area contributed by atoms with Crippen LogP contribution < -0.4 is 4.74 Å². The zero-order valence-electron chi connectivity index (χ0n) is 6.63. The number of halogens is 2. The van der Waals surface area contributed by atoms with E-state index in [1.165, 1.54) is 19.1 Å². The molecule has 1 unspecified atom stereocenters. The van der Waals surface area contributed by atoms with Crippen molar-refractivity contribution in [2.24, 2.45) is 0 Å². The van der Waals surface area contributed by atoms with Crippen LogP contribution in [0, 0.1) is 5.82 Å². The number of hydrogen-bond acceptors (Lipinski definition) is 2. The molecule has 1 heterocycles. The molecule has 0 spiro atoms. The second kappa shape index (κ2) is 3.99. The summed E-state index contributed by atoms with van der Waals surface area (Å²) in [4.78, 5) is 3.59. The summed E-state index contributed by atoms with van der Waals surface area (Å²) >= 11 is 0. The zero-order chi connectivity index (χ0) is 8.97. The first-order chi connectivity index (χ1) is 5.68. The summed E-state index contributed by atoms with van der Waals surface area (Å²) in [6, 6.07) is 2.57. The van der Waals surface area contributed by atoms with E-state index in [9.17, 15) is 8.78 Å². The van der Waals surface area contributed by atoms with E-state index in [2.05, 4.69) is 4.98 Å². The van der Waals surface area contributed by atoms with Gasteiger partial charge in [-0.1, -0.05) is 0 Å². The van der Waals surface area contributed by atoms with E-state index in [1.807, 2.05) is 0 Å². The first-order valence-electron chi connectivity index (χ1n) is 3.57. The Morgan fingerprint density at radius 1 is 1.58 bits per heavy atom. The summed E-state index contributed by atoms with van der Waals surface area (Å²) < 4.78 is 29.4. The van der Waals surface area contributed by atoms with Crippen LogP contribution in [0.1, 0.15) is 6.92 Å². The highest BCUT2D eigenvalue weighted by Gasteiger charge is 2.00. The second-order valence-corrected chi connectivity index (χ2v) is 2.41. The summed E-state index contributed by atoms with van der Waals surface area (Å²) in [7, 11) is 0. The lowest BCUT2D eigenvalue weighted by atomic mass is 10.4. The van der Waals surface area contributed by atoms with E-state index in [0.717, 1.165) is 6.20 Å². The third-order valence-electron chi connectivity index (χ3n) is 1.16. The highest BCUT2D eigenvalue weighted by atomic mass is 19.1. The van der Waals surface area contributed by atoms with Crippen molar-refractivity contribution in [2.75, 3.05) is 6.61 Å². The highest BCUT2D eigenvalue weighted by molar-refractivity contribution is 5.10. The Morgan fingerprint density at radius 2 is 2.33 bits per heavy atom. The molecule has 0 N–H and O–H groups in total. The normalized spacial score (nSPS) is 12.6. The third kappa shape index (κ3) is 2.82. The molecule has 1 aromatic heterocycles. The molecule has 12 heavy (non-hydrogen) atoms. The van der Waals surface area contributed by atoms with Gasteiger partial charge in [-0.05, 0) is 13.0 Å². The number of nitrogens with zero attached hydrogens (tertiary/aromatic N) is 1. The number of rotatable bonds is 3. The second-order valence-electron chi connectivity index (χ2n) is 2.41. The summed E-state index contributed by atoms with van der Waals surface area (Å²) in [5, 5.41) is 0. The lowest BCUT2D eigenvalue weighted by Gasteiger charge is -2.04. The SMILES string of the molecule is CC(F)COc1ccc(F)cn1. The molecule has 0 aliphatic heterocycles. The quantitative estimate of drug-likeness (QED) is 0.697. The van der Waals surface area contributed by atoms with Gasteiger partial charge < -0.3 is 4.74 Å². The standard InChI is InChI=1S/C8H9F2NO/c1-6(9)5-12-8-3-2-7(10)4-11-8/h2-4,6H,5H2,1H3. The fourth-order valence-electron chi connectivity index (χ4n) is 0.648. The summed E-state index contributed by atoms with van der Waals surface area (Å²) in [6.07, 6.45) is -0.0186. The third-order valence-corrected chi connectivity index (χ3v) is 1.16. The van der Waals surface area contributed by atoms with Crippen LogP contribution in [-0.2, 0) is 0 Å². The van der Waals surface area contributed by atoms with Crippen molar-refractivity contribution < 1.29 is 13.5 Å². The van der Waals surface area contributed by atoms with E-state index in [4.69, 9.17) is 4.74 Å². The predicted octanol–water partition coefficient (Wildman–Crippen LogP) is 1.96. The Morgan fingerprint density at radius 3 is 2.83 bits per heavy atom. The van der Waals surface area contributed by atoms with Crippen LogP contribution in [0.2, 0.25) is 0 Å². The van der Waals surface area contributed by atoms with Gasteiger partial charge in [-0.15, -0.1) is 0 Å². The molecule has 0 aliphatic carbocycles. The van der Waals surface area contributed by atoms with Gasteiger partial charge in [0.1, 0.15) is 18.6 Å². The first kappa shape index (κ1) is 8.90. The number of aromatic nitrogens is 1. The molecule has 1 atom stereocenters. The molecule has 0 aliphatic rings. The number of ether oxygens (including phenoxy) is 1. The van der Waals surface area contributed by atoms with Gasteiger partial charge in [0, 0.05) is 6.07 Å². The van der Waals surface area contributed by atoms with Gasteiger partial charge in [0.2, 0.25) is 5.88 Å². The Kier molecular flexibility index (Phi) is 2.96. The molecule has 66 valence electrons. The molecule has 0 fully saturated rings. The van der Waals surface area contributed by atoms with Crippen molar-refractivity contribution in [1.29, 1.82) is 0 Å². The maximum absolute atomic E-state index is 12.3. The van der Waals surface area contributed by atoms with Crippen molar-refractivity contribution in [3.8, 4) is 5.88 Å². The van der Waals surface area contributed by atoms with E-state index in [-0.39, 0.29) is 12.5 Å². The Bertz CT molecular complexity index is 235. The minimum Gasteiger partial charge on any atom is -0.475 e. The molecule has 4 heteroatoms. The van der Waals surface area contributed by atoms with Gasteiger partial charge >= 0.3 is 0 Å². The van der Waals surface area contributed by atoms with Gasteiger partial charge in [0.15, 0.2) is 0 Å². The average molecular weight is 173 g/mol. The van der Waals surface area contributed by atoms with Crippen LogP contribution in [0.15, 0.2) is 18.3 Å². The number of pyridine rings is 1. The zero-order valence-corrected chi connectivity index (χ0v) is 6.63. The van der Waals surface area contributed by atoms with Crippen LogP contribution in [0.25, 0.3) is 0 Å². The lowest BCUT2D eigenvalue weighted by Crippen LogP contribution is -2.08. The molecule has 0 aromatic carbocycles. The van der Waals surface area contributed by atoms with Gasteiger partial charge in [0.05, 0.1) is 6.20 Å². The fourth-order valence-corrected chi connectivity index (χ4v) is 0.648. The van der Waals surface area contributed by atoms with Crippen LogP contribution in [-0.4, -0.2) is 17.8 Å². The molecule has 0 saturated heterocycles. The van der Waals surface area contributed by atoms with Gasteiger partial charge in [-0.2, -0.15) is 0 Å². The maximum Gasteiger partial charge on any atom is 0.213 e. The van der Waals surface area contributed by atoms with E-state index >= 15 is 0 Å². The van der Waals surface area contributed by atoms with Crippen molar-refractivity contribution in [1.82, 2.24) is 4.98 Å². The van der Waals surface area contributed by atoms with Crippen molar-refractivity contribution in [2.45, 2.75) is 13.1 Å². The molecule has 0 bridgehead atoms. The van der Waals surface area contributed by atoms with E-state index in [0.29, 0.717) is 0 Å². The van der Waals surface area contributed by atoms with Gasteiger partial charge in [-0.25, -0.2) is 13.8 Å². The molecule has 2 nitrogen and oxygen atoms in total. The van der Waals surface area contributed by atoms with Crippen LogP contribution in [0.3, 0.4) is 0 Å². The van der Waals surface area contributed by atoms with E-state index in [1.54, 1.807) is 0 Å². The fraction of sp³-hybridized carbons (Fsp3) is 0.375. The topological polar surface area (TPSA) is 22.1 Å². The molecule has 1 aromatic rings. The van der Waals surface area contributed by atoms with Crippen LogP contribution >= 0.6 is 0 Å². The average Bonchev–Trinajstić information content (AvgIpc) is 2.03. The molecular weight excluding hydrogens is 164 g/mol. The largest absolute Gasteiger partial charge is 0.475 e. The number of hydrogen-bond donors (Lipinski definition) is 0. The smallest absolute Gasteiger partial charge is 0.213 e. The molecule has 0 amide bonds. The number of alkyl halides is 1. The van der Waals surface area contributed by atoms with Crippen LogP contribution in [0.4, 0.5) is 8.78 Å². The molecule has 1 rings (SSSR count). The maximum atomic E-state index is 12.3. The van der Waals surface area contributed by atoms with Crippen molar-refractivity contribution in [3.05, 3.63) is 24.1 Å². The monoisotopic (exact) mass is 173 g/mol. The molecule has 0 radical (unpaired) electrons. The predicted molar refractivity (Wildman–Crippen MR) is 40.3 cm³/mol. The van der Waals surface area contributed by atoms with E-state index < -0.39 is 12.0 Å². The Balaban J connectivity index is 2.48. The summed E-state index contributed by atoms with van der Waals surface area (Å²) in [5.41, 5.74) is 0. The molecule has 0 saturated carbocycles. The van der Waals surface area contributed by atoms with Crippen LogP contribution in [0.5, 0.6) is 5.88 Å². The van der Waals surface area contributed by atoms with Crippen molar-refractivity contribution >= 4 is 0 Å². The minimum absolute atomic E-state index is 0.0569. The Labute approximate surface area is 69.2 Å². The van der Waals surface area contributed by atoms with Crippen molar-refractivity contribution in [3.63, 3.8) is 0 Å². The Hall–Kier alpha value is -1.19. The highest BCUT2D eigenvalue weighted by Crippen LogP contribution is 2.06. The first-order valence-corrected chi connectivity index (χ1v) is 3.57.